The Morgan fingerprint density at radius 1 is 1.02 bits per heavy atom. The van der Waals surface area contributed by atoms with Crippen molar-refractivity contribution in [3.8, 4) is 0 Å². The first-order valence-corrected chi connectivity index (χ1v) is 17.9. The van der Waals surface area contributed by atoms with Gasteiger partial charge in [-0.05, 0) is 116 Å². The fourth-order valence-electron chi connectivity index (χ4n) is 11.7. The van der Waals surface area contributed by atoms with Gasteiger partial charge in [-0.25, -0.2) is 0 Å². The van der Waals surface area contributed by atoms with Crippen LogP contribution in [0, 0.1) is 46.3 Å². The van der Waals surface area contributed by atoms with Crippen LogP contribution < -0.4 is 9.80 Å². The SMILES string of the molecule is C=CC[N+]1(c2ccccc2)CCC(NC(=O)CC[C@@H](C)[C@H]2CC[C@H]3[C@@H]4[C@H](O)C[C@@H]5C[C@H](O)CC[C@]5(C)[C@H]4C[C@H](O)[C@]23C)CC1. The summed E-state index contributed by atoms with van der Waals surface area (Å²) in [4.78, 5) is 13.2. The monoisotopic (exact) mass is 607 g/mol. The Morgan fingerprint density at radius 3 is 2.45 bits per heavy atom. The largest absolute Gasteiger partial charge is 0.393 e. The van der Waals surface area contributed by atoms with E-state index in [0.717, 1.165) is 88.3 Å². The van der Waals surface area contributed by atoms with Gasteiger partial charge in [0.2, 0.25) is 5.91 Å². The number of rotatable bonds is 8. The fraction of sp³-hybridized carbons (Fsp3) is 0.763. The first-order chi connectivity index (χ1) is 21.0. The van der Waals surface area contributed by atoms with Gasteiger partial charge in [0.25, 0.3) is 0 Å². The number of quaternary nitrogens is 1. The summed E-state index contributed by atoms with van der Waals surface area (Å²) in [6, 6.07) is 10.9. The van der Waals surface area contributed by atoms with Gasteiger partial charge in [-0.15, -0.1) is 0 Å². The summed E-state index contributed by atoms with van der Waals surface area (Å²) in [6.07, 6.45) is 10.7. The molecule has 0 unspecified atom stereocenters. The van der Waals surface area contributed by atoms with Crippen molar-refractivity contribution in [2.75, 3.05) is 19.6 Å². The molecule has 44 heavy (non-hydrogen) atoms. The van der Waals surface area contributed by atoms with Crippen molar-refractivity contribution in [1.29, 1.82) is 0 Å². The zero-order chi connectivity index (χ0) is 31.3. The van der Waals surface area contributed by atoms with Crippen LogP contribution in [-0.4, -0.2) is 65.2 Å². The van der Waals surface area contributed by atoms with E-state index in [9.17, 15) is 20.1 Å². The normalized spacial score (nSPS) is 45.8. The molecule has 4 N–H and O–H groups in total. The van der Waals surface area contributed by atoms with Crippen molar-refractivity contribution in [2.45, 2.75) is 116 Å². The van der Waals surface area contributed by atoms with Crippen molar-refractivity contribution < 1.29 is 20.1 Å². The molecule has 1 aliphatic heterocycles. The van der Waals surface area contributed by atoms with Gasteiger partial charge in [-0.2, -0.15) is 0 Å². The van der Waals surface area contributed by atoms with Crippen LogP contribution in [0.5, 0.6) is 0 Å². The van der Waals surface area contributed by atoms with E-state index in [-0.39, 0.29) is 47.0 Å². The molecule has 6 nitrogen and oxygen atoms in total. The number of carbonyl (C=O) groups excluding carboxylic acids is 1. The molecule has 0 spiro atoms. The Bertz CT molecular complexity index is 1170. The third kappa shape index (κ3) is 5.50. The molecule has 11 atom stereocenters. The number of nitrogens with zero attached hydrogens (tertiary/aromatic N) is 1. The number of carbonyl (C=O) groups is 1. The number of amides is 1. The number of hydrogen-bond donors (Lipinski definition) is 4. The number of hydrogen-bond acceptors (Lipinski definition) is 4. The van der Waals surface area contributed by atoms with E-state index in [1.807, 2.05) is 6.08 Å². The number of benzene rings is 1. The minimum atomic E-state index is -0.382. The molecule has 0 aromatic heterocycles. The van der Waals surface area contributed by atoms with Gasteiger partial charge in [0.1, 0.15) is 12.2 Å². The lowest BCUT2D eigenvalue weighted by Gasteiger charge is -2.63. The molecule has 1 aromatic rings. The van der Waals surface area contributed by atoms with Crippen LogP contribution in [-0.2, 0) is 4.79 Å². The molecule has 1 heterocycles. The predicted octanol–water partition coefficient (Wildman–Crippen LogP) is 5.84. The minimum absolute atomic E-state index is 0.0949. The first kappa shape index (κ1) is 32.2. The van der Waals surface area contributed by atoms with Gasteiger partial charge in [0, 0.05) is 25.3 Å². The Kier molecular flexibility index (Phi) is 9.13. The molecule has 1 amide bonds. The minimum Gasteiger partial charge on any atom is -0.393 e. The molecular weight excluding hydrogens is 548 g/mol. The van der Waals surface area contributed by atoms with Crippen LogP contribution >= 0.6 is 0 Å². The Balaban J connectivity index is 1.05. The van der Waals surface area contributed by atoms with Crippen molar-refractivity contribution in [3.05, 3.63) is 43.0 Å². The van der Waals surface area contributed by atoms with Crippen LogP contribution in [0.15, 0.2) is 43.0 Å². The summed E-state index contributed by atoms with van der Waals surface area (Å²) in [6.45, 7) is 13.9. The molecule has 244 valence electrons. The van der Waals surface area contributed by atoms with Gasteiger partial charge in [0.15, 0.2) is 0 Å². The van der Waals surface area contributed by atoms with E-state index < -0.39 is 0 Å². The number of aliphatic hydroxyl groups excluding tert-OH is 3. The number of piperidine rings is 1. The molecule has 1 aromatic carbocycles. The van der Waals surface area contributed by atoms with Crippen LogP contribution in [0.1, 0.15) is 91.4 Å². The molecule has 6 rings (SSSR count). The molecular formula is C38H59N2O4+. The zero-order valence-corrected chi connectivity index (χ0v) is 27.5. The smallest absolute Gasteiger partial charge is 0.220 e. The second-order valence-electron chi connectivity index (χ2n) is 16.3. The van der Waals surface area contributed by atoms with Crippen molar-refractivity contribution in [2.24, 2.45) is 46.3 Å². The van der Waals surface area contributed by atoms with Crippen LogP contribution in [0.4, 0.5) is 5.69 Å². The van der Waals surface area contributed by atoms with E-state index in [2.05, 4.69) is 63.0 Å². The third-order valence-electron chi connectivity index (χ3n) is 14.3. The summed E-state index contributed by atoms with van der Waals surface area (Å²) in [5.41, 5.74) is 1.21. The lowest BCUT2D eigenvalue weighted by molar-refractivity contribution is -0.207. The summed E-state index contributed by atoms with van der Waals surface area (Å²) < 4.78 is 0.913. The lowest BCUT2D eigenvalue weighted by atomic mass is 9.43. The number of fused-ring (bicyclic) bond motifs is 5. The molecule has 0 bridgehead atoms. The van der Waals surface area contributed by atoms with Gasteiger partial charge in [0.05, 0.1) is 31.4 Å². The van der Waals surface area contributed by atoms with E-state index >= 15 is 0 Å². The van der Waals surface area contributed by atoms with E-state index in [1.54, 1.807) is 0 Å². The highest BCUT2D eigenvalue weighted by Crippen LogP contribution is 2.68. The van der Waals surface area contributed by atoms with Gasteiger partial charge >= 0.3 is 0 Å². The Labute approximate surface area is 265 Å². The highest BCUT2D eigenvalue weighted by atomic mass is 16.3. The van der Waals surface area contributed by atoms with E-state index in [1.165, 1.54) is 5.69 Å². The molecule has 4 aliphatic carbocycles. The van der Waals surface area contributed by atoms with E-state index in [4.69, 9.17) is 0 Å². The quantitative estimate of drug-likeness (QED) is 0.221. The van der Waals surface area contributed by atoms with Crippen molar-refractivity contribution >= 4 is 11.6 Å². The number of aliphatic hydroxyl groups is 3. The molecule has 6 heteroatoms. The summed E-state index contributed by atoms with van der Waals surface area (Å²) in [7, 11) is 0. The summed E-state index contributed by atoms with van der Waals surface area (Å²) >= 11 is 0. The van der Waals surface area contributed by atoms with E-state index in [0.29, 0.717) is 36.0 Å². The summed E-state index contributed by atoms with van der Waals surface area (Å²) in [5.74, 6) is 2.07. The van der Waals surface area contributed by atoms with Crippen LogP contribution in [0.2, 0.25) is 0 Å². The average Bonchev–Trinajstić information content (AvgIpc) is 3.37. The molecule has 1 saturated heterocycles. The summed E-state index contributed by atoms with van der Waals surface area (Å²) in [5, 5.41) is 37.2. The average molecular weight is 608 g/mol. The van der Waals surface area contributed by atoms with Gasteiger partial charge < -0.3 is 20.6 Å². The van der Waals surface area contributed by atoms with Crippen LogP contribution in [0.3, 0.4) is 0 Å². The Morgan fingerprint density at radius 2 is 1.75 bits per heavy atom. The maximum Gasteiger partial charge on any atom is 0.220 e. The second kappa shape index (κ2) is 12.5. The third-order valence-corrected chi connectivity index (χ3v) is 14.3. The van der Waals surface area contributed by atoms with Gasteiger partial charge in [-0.1, -0.05) is 45.5 Å². The standard InChI is InChI=1S/C38H58N2O4/c1-5-19-40(28-9-7-6-8-10-28)20-16-27(17-21-40)39-35(44)14-11-25(2)30-12-13-31-36-32(24-34(43)38(30,31)4)37(3)18-15-29(41)22-26(37)23-33(36)42/h5-10,25-27,29-34,36,41-43H,1,11-24H2,2-4H3/p+1/t25-,26+,27?,29-,30-,31+,32+,33-,34+,36+,37+,38-,40?/m1/s1. The first-order valence-electron chi connectivity index (χ1n) is 17.9. The molecule has 5 aliphatic rings. The highest BCUT2D eigenvalue weighted by Gasteiger charge is 2.65. The zero-order valence-electron chi connectivity index (χ0n) is 27.5. The van der Waals surface area contributed by atoms with Crippen molar-refractivity contribution in [3.63, 3.8) is 0 Å². The number of nitrogens with one attached hydrogen (secondary N) is 1. The predicted molar refractivity (Wildman–Crippen MR) is 177 cm³/mol. The van der Waals surface area contributed by atoms with Gasteiger partial charge in [-0.3, -0.25) is 9.28 Å². The highest BCUT2D eigenvalue weighted by molar-refractivity contribution is 5.76. The fourth-order valence-corrected chi connectivity index (χ4v) is 11.7. The number of para-hydroxylation sites is 1. The molecule has 0 radical (unpaired) electrons. The molecule has 4 saturated carbocycles. The van der Waals surface area contributed by atoms with Crippen molar-refractivity contribution in [1.82, 2.24) is 9.80 Å². The topological polar surface area (TPSA) is 89.8 Å². The maximum atomic E-state index is 13.2. The second-order valence-corrected chi connectivity index (χ2v) is 16.3. The Hall–Kier alpha value is -1.73. The van der Waals surface area contributed by atoms with Crippen LogP contribution in [0.25, 0.3) is 0 Å². The molecule has 5 fully saturated rings. The number of likely N-dealkylation sites (tertiary alicyclic amines) is 1. The maximum absolute atomic E-state index is 13.2. The lowest BCUT2D eigenvalue weighted by Crippen LogP contribution is -2.62.